The predicted octanol–water partition coefficient (Wildman–Crippen LogP) is 4.74. The highest BCUT2D eigenvalue weighted by Gasteiger charge is 2.38. The first-order valence-corrected chi connectivity index (χ1v) is 9.98. The van der Waals surface area contributed by atoms with Gasteiger partial charge < -0.3 is 15.7 Å². The van der Waals surface area contributed by atoms with Crippen LogP contribution in [-0.2, 0) is 11.0 Å². The molecule has 0 unspecified atom stereocenters. The standard InChI is InChI=1S/C23H21F3N2O3/c24-23(25,26)15-7-4-13(5-8-15)21-17-3-1-2-16(17)18-12-14(6-9-19(18)28-21)22(31)27-11-10-20(29)30/h1-2,4-9,12,16-17,21,28H,3,10-11H2,(H,27,31)(H,29,30)/t16-,17+,21+/m1/s1. The van der Waals surface area contributed by atoms with E-state index in [1.165, 1.54) is 12.1 Å². The van der Waals surface area contributed by atoms with Gasteiger partial charge in [-0.05, 0) is 53.8 Å². The van der Waals surface area contributed by atoms with Gasteiger partial charge in [0.2, 0.25) is 0 Å². The first-order valence-electron chi connectivity index (χ1n) is 9.98. The number of rotatable bonds is 5. The van der Waals surface area contributed by atoms with Crippen LogP contribution in [0.1, 0.15) is 51.8 Å². The molecule has 2 aromatic rings. The van der Waals surface area contributed by atoms with Crippen molar-refractivity contribution in [3.63, 3.8) is 0 Å². The highest BCUT2D eigenvalue weighted by molar-refractivity contribution is 5.95. The lowest BCUT2D eigenvalue weighted by Crippen LogP contribution is -2.30. The van der Waals surface area contributed by atoms with Crippen LogP contribution in [0.2, 0.25) is 0 Å². The number of hydrogen-bond donors (Lipinski definition) is 3. The van der Waals surface area contributed by atoms with E-state index in [1.807, 2.05) is 0 Å². The maximum absolute atomic E-state index is 12.9. The van der Waals surface area contributed by atoms with Gasteiger partial charge in [0.05, 0.1) is 18.0 Å². The summed E-state index contributed by atoms with van der Waals surface area (Å²) in [5, 5.41) is 14.7. The number of anilines is 1. The summed E-state index contributed by atoms with van der Waals surface area (Å²) in [6, 6.07) is 10.4. The Bertz CT molecular complexity index is 1030. The molecule has 0 saturated heterocycles. The summed E-state index contributed by atoms with van der Waals surface area (Å²) >= 11 is 0. The van der Waals surface area contributed by atoms with Gasteiger partial charge in [-0.3, -0.25) is 9.59 Å². The number of carbonyl (C=O) groups is 2. The molecule has 0 fully saturated rings. The molecule has 3 atom stereocenters. The van der Waals surface area contributed by atoms with Crippen LogP contribution in [0.5, 0.6) is 0 Å². The zero-order valence-electron chi connectivity index (χ0n) is 16.4. The molecule has 2 aromatic carbocycles. The number of benzene rings is 2. The number of alkyl halides is 3. The molecular formula is C23H21F3N2O3. The summed E-state index contributed by atoms with van der Waals surface area (Å²) in [7, 11) is 0. The van der Waals surface area contributed by atoms with E-state index in [0.29, 0.717) is 5.56 Å². The van der Waals surface area contributed by atoms with Gasteiger partial charge in [-0.2, -0.15) is 13.2 Å². The van der Waals surface area contributed by atoms with E-state index in [9.17, 15) is 22.8 Å². The monoisotopic (exact) mass is 430 g/mol. The van der Waals surface area contributed by atoms with Gasteiger partial charge in [-0.1, -0.05) is 24.3 Å². The fourth-order valence-corrected chi connectivity index (χ4v) is 4.33. The van der Waals surface area contributed by atoms with Crippen molar-refractivity contribution in [1.82, 2.24) is 5.32 Å². The van der Waals surface area contributed by atoms with Gasteiger partial charge in [0.25, 0.3) is 5.91 Å². The number of amides is 1. The van der Waals surface area contributed by atoms with E-state index in [0.717, 1.165) is 35.4 Å². The Hall–Kier alpha value is -3.29. The number of nitrogens with one attached hydrogen (secondary N) is 2. The summed E-state index contributed by atoms with van der Waals surface area (Å²) in [6.45, 7) is 0.0471. The number of halogens is 3. The van der Waals surface area contributed by atoms with Crippen LogP contribution >= 0.6 is 0 Å². The molecule has 0 spiro atoms. The molecule has 2 aliphatic rings. The zero-order chi connectivity index (χ0) is 22.2. The highest BCUT2D eigenvalue weighted by Crippen LogP contribution is 2.50. The highest BCUT2D eigenvalue weighted by atomic mass is 19.4. The number of carboxylic acid groups (broad SMARTS) is 1. The Labute approximate surface area is 177 Å². The Morgan fingerprint density at radius 2 is 1.87 bits per heavy atom. The second kappa shape index (κ2) is 8.09. The molecule has 1 heterocycles. The molecule has 3 N–H and O–H groups in total. The van der Waals surface area contributed by atoms with E-state index in [-0.39, 0.29) is 36.8 Å². The van der Waals surface area contributed by atoms with Gasteiger partial charge in [-0.15, -0.1) is 0 Å². The number of fused-ring (bicyclic) bond motifs is 3. The molecule has 4 rings (SSSR count). The summed E-state index contributed by atoms with van der Waals surface area (Å²) in [6.07, 6.45) is 0.388. The fraction of sp³-hybridized carbons (Fsp3) is 0.304. The van der Waals surface area contributed by atoms with Gasteiger partial charge in [0.15, 0.2) is 0 Å². The Morgan fingerprint density at radius 1 is 1.13 bits per heavy atom. The van der Waals surface area contributed by atoms with Crippen molar-refractivity contribution in [3.8, 4) is 0 Å². The molecule has 5 nitrogen and oxygen atoms in total. The third kappa shape index (κ3) is 4.28. The molecule has 0 aromatic heterocycles. The molecule has 0 radical (unpaired) electrons. The van der Waals surface area contributed by atoms with Crippen LogP contribution in [0.4, 0.5) is 18.9 Å². The normalized spacial score (nSPS) is 21.7. The number of aliphatic carboxylic acids is 1. The van der Waals surface area contributed by atoms with E-state index in [1.54, 1.807) is 18.2 Å². The van der Waals surface area contributed by atoms with Crippen molar-refractivity contribution in [3.05, 3.63) is 76.9 Å². The third-order valence-corrected chi connectivity index (χ3v) is 5.85. The minimum atomic E-state index is -4.37. The van der Waals surface area contributed by atoms with Crippen LogP contribution in [-0.4, -0.2) is 23.5 Å². The smallest absolute Gasteiger partial charge is 0.416 e. The van der Waals surface area contributed by atoms with E-state index in [2.05, 4.69) is 22.8 Å². The predicted molar refractivity (Wildman–Crippen MR) is 109 cm³/mol. The summed E-state index contributed by atoms with van der Waals surface area (Å²) < 4.78 is 38.7. The molecule has 31 heavy (non-hydrogen) atoms. The molecule has 0 bridgehead atoms. The molecule has 0 saturated carbocycles. The summed E-state index contributed by atoms with van der Waals surface area (Å²) in [4.78, 5) is 23.0. The van der Waals surface area contributed by atoms with Crippen molar-refractivity contribution in [1.29, 1.82) is 0 Å². The lowest BCUT2D eigenvalue weighted by molar-refractivity contribution is -0.138. The van der Waals surface area contributed by atoms with Crippen LogP contribution in [0.15, 0.2) is 54.6 Å². The minimum absolute atomic E-state index is 0.0373. The maximum Gasteiger partial charge on any atom is 0.416 e. The second-order valence-corrected chi connectivity index (χ2v) is 7.80. The number of carbonyl (C=O) groups excluding carboxylic acids is 1. The van der Waals surface area contributed by atoms with E-state index in [4.69, 9.17) is 5.11 Å². The van der Waals surface area contributed by atoms with Gasteiger partial charge in [0, 0.05) is 23.7 Å². The third-order valence-electron chi connectivity index (χ3n) is 5.85. The van der Waals surface area contributed by atoms with Crippen molar-refractivity contribution in [2.45, 2.75) is 31.0 Å². The Kier molecular flexibility index (Phi) is 5.47. The van der Waals surface area contributed by atoms with Crippen LogP contribution in [0.25, 0.3) is 0 Å². The number of hydrogen-bond acceptors (Lipinski definition) is 3. The summed E-state index contributed by atoms with van der Waals surface area (Å²) in [5.41, 5.74) is 2.34. The topological polar surface area (TPSA) is 78.4 Å². The molecular weight excluding hydrogens is 409 g/mol. The average Bonchev–Trinajstić information content (AvgIpc) is 3.22. The molecule has 1 aliphatic heterocycles. The Morgan fingerprint density at radius 3 is 2.55 bits per heavy atom. The number of carboxylic acids is 1. The summed E-state index contributed by atoms with van der Waals surface area (Å²) in [5.74, 6) is -1.17. The largest absolute Gasteiger partial charge is 0.481 e. The van der Waals surface area contributed by atoms with E-state index < -0.39 is 17.7 Å². The van der Waals surface area contributed by atoms with Crippen molar-refractivity contribution in [2.24, 2.45) is 5.92 Å². The average molecular weight is 430 g/mol. The molecule has 162 valence electrons. The van der Waals surface area contributed by atoms with Gasteiger partial charge >= 0.3 is 12.1 Å². The molecule has 8 heteroatoms. The molecule has 1 aliphatic carbocycles. The van der Waals surface area contributed by atoms with Crippen LogP contribution < -0.4 is 10.6 Å². The lowest BCUT2D eigenvalue weighted by atomic mass is 9.76. The fourth-order valence-electron chi connectivity index (χ4n) is 4.33. The van der Waals surface area contributed by atoms with Crippen molar-refractivity contribution < 1.29 is 27.9 Å². The number of allylic oxidation sites excluding steroid dienone is 2. The maximum atomic E-state index is 12.9. The first-order chi connectivity index (χ1) is 14.7. The SMILES string of the molecule is O=C(O)CCNC(=O)c1ccc2c(c1)[C@@H]1C=CC[C@@H]1[C@H](c1ccc(C(F)(F)F)cc1)N2. The second-order valence-electron chi connectivity index (χ2n) is 7.80. The minimum Gasteiger partial charge on any atom is -0.481 e. The molecule has 1 amide bonds. The first kappa shape index (κ1) is 21.0. The van der Waals surface area contributed by atoms with E-state index >= 15 is 0 Å². The van der Waals surface area contributed by atoms with Crippen LogP contribution in [0.3, 0.4) is 0 Å². The zero-order valence-corrected chi connectivity index (χ0v) is 16.4. The van der Waals surface area contributed by atoms with Gasteiger partial charge in [-0.25, -0.2) is 0 Å². The van der Waals surface area contributed by atoms with Gasteiger partial charge in [0.1, 0.15) is 0 Å². The Balaban J connectivity index is 1.57. The lowest BCUT2D eigenvalue weighted by Gasteiger charge is -2.37. The van der Waals surface area contributed by atoms with Crippen LogP contribution in [0, 0.1) is 5.92 Å². The van der Waals surface area contributed by atoms with Crippen molar-refractivity contribution >= 4 is 17.6 Å². The quantitative estimate of drug-likeness (QED) is 0.599. The van der Waals surface area contributed by atoms with Crippen molar-refractivity contribution in [2.75, 3.05) is 11.9 Å².